The summed E-state index contributed by atoms with van der Waals surface area (Å²) in [4.78, 5) is 11.5. The van der Waals surface area contributed by atoms with E-state index in [4.69, 9.17) is 4.74 Å². The van der Waals surface area contributed by atoms with Gasteiger partial charge in [0.2, 0.25) is 0 Å². The molecule has 9 unspecified atom stereocenters. The number of allylic oxidation sites excluding steroid dienone is 1. The Morgan fingerprint density at radius 2 is 1.97 bits per heavy atom. The van der Waals surface area contributed by atoms with Gasteiger partial charge in [0.1, 0.15) is 6.10 Å². The lowest BCUT2D eigenvalue weighted by molar-refractivity contribution is -0.154. The molecule has 4 aliphatic carbocycles. The Labute approximate surface area is 201 Å². The molecule has 0 aromatic rings. The standard InChI is InChI=1S/C29H47NO3/c1-18-5-7-22(30-17-18)16-29(32)12-10-24-25-8-6-21-13-23(33-20(3)31)9-11-28(21,4)27(25)14-26(24)19(2)15-29/h18,21-25,27,30,32H,5-17H2,1-4H3. The molecule has 0 radical (unpaired) electrons. The highest BCUT2D eigenvalue weighted by molar-refractivity contribution is 5.66. The monoisotopic (exact) mass is 457 g/mol. The Kier molecular flexibility index (Phi) is 6.48. The van der Waals surface area contributed by atoms with Crippen molar-refractivity contribution in [1.82, 2.24) is 5.32 Å². The summed E-state index contributed by atoms with van der Waals surface area (Å²) in [5.74, 6) is 3.59. The van der Waals surface area contributed by atoms with Crippen LogP contribution in [-0.4, -0.2) is 35.4 Å². The number of esters is 1. The molecule has 9 atom stereocenters. The summed E-state index contributed by atoms with van der Waals surface area (Å²) in [6.07, 6.45) is 13.7. The first kappa shape index (κ1) is 23.9. The van der Waals surface area contributed by atoms with Crippen LogP contribution in [-0.2, 0) is 9.53 Å². The highest BCUT2D eigenvalue weighted by Crippen LogP contribution is 2.64. The molecule has 186 valence electrons. The molecular formula is C29H47NO3. The van der Waals surface area contributed by atoms with E-state index in [1.165, 1.54) is 50.5 Å². The highest BCUT2D eigenvalue weighted by atomic mass is 16.5. The average molecular weight is 458 g/mol. The molecule has 0 bridgehead atoms. The fraction of sp³-hybridized carbons (Fsp3) is 0.897. The molecule has 5 aliphatic rings. The smallest absolute Gasteiger partial charge is 0.302 e. The van der Waals surface area contributed by atoms with E-state index in [0.717, 1.165) is 56.4 Å². The van der Waals surface area contributed by atoms with Crippen LogP contribution >= 0.6 is 0 Å². The molecule has 4 heteroatoms. The number of rotatable bonds is 3. The van der Waals surface area contributed by atoms with E-state index in [2.05, 4.69) is 26.1 Å². The summed E-state index contributed by atoms with van der Waals surface area (Å²) in [7, 11) is 0. The number of ether oxygens (including phenoxy) is 1. The maximum absolute atomic E-state index is 11.7. The summed E-state index contributed by atoms with van der Waals surface area (Å²) in [5.41, 5.74) is 3.08. The van der Waals surface area contributed by atoms with E-state index in [1.54, 1.807) is 12.5 Å². The van der Waals surface area contributed by atoms with E-state index < -0.39 is 5.60 Å². The molecule has 5 rings (SSSR count). The van der Waals surface area contributed by atoms with Gasteiger partial charge in [-0.25, -0.2) is 0 Å². The number of nitrogens with one attached hydrogen (secondary N) is 1. The topological polar surface area (TPSA) is 58.6 Å². The minimum absolute atomic E-state index is 0.119. The average Bonchev–Trinajstić information content (AvgIpc) is 3.09. The van der Waals surface area contributed by atoms with Gasteiger partial charge in [-0.1, -0.05) is 25.0 Å². The van der Waals surface area contributed by atoms with Crippen LogP contribution < -0.4 is 5.32 Å². The number of aliphatic hydroxyl groups is 1. The predicted molar refractivity (Wildman–Crippen MR) is 132 cm³/mol. The lowest BCUT2D eigenvalue weighted by Gasteiger charge is -2.54. The van der Waals surface area contributed by atoms with Crippen molar-refractivity contribution in [3.05, 3.63) is 11.1 Å². The van der Waals surface area contributed by atoms with Crippen molar-refractivity contribution in [1.29, 1.82) is 0 Å². The number of piperidine rings is 1. The number of hydrogen-bond acceptors (Lipinski definition) is 4. The SMILES string of the molecule is CC(=O)OC1CCC2(C)C(CCC3C4CCC(O)(CC5CCC(C)CN5)CC(C)=C4CC32)C1. The zero-order valence-corrected chi connectivity index (χ0v) is 21.5. The molecule has 0 spiro atoms. The number of fused-ring (bicyclic) bond motifs is 5. The van der Waals surface area contributed by atoms with Crippen molar-refractivity contribution in [2.45, 2.75) is 122 Å². The van der Waals surface area contributed by atoms with Crippen LogP contribution in [0.25, 0.3) is 0 Å². The molecule has 1 saturated heterocycles. The van der Waals surface area contributed by atoms with Gasteiger partial charge in [-0.05, 0) is 126 Å². The van der Waals surface area contributed by atoms with Gasteiger partial charge >= 0.3 is 5.97 Å². The van der Waals surface area contributed by atoms with Gasteiger partial charge in [0.25, 0.3) is 0 Å². The third-order valence-electron chi connectivity index (χ3n) is 10.9. The fourth-order valence-corrected chi connectivity index (χ4v) is 9.12. The highest BCUT2D eigenvalue weighted by Gasteiger charge is 2.56. The predicted octanol–water partition coefficient (Wildman–Crippen LogP) is 5.78. The van der Waals surface area contributed by atoms with Crippen LogP contribution in [0.4, 0.5) is 0 Å². The Hall–Kier alpha value is -0.870. The Balaban J connectivity index is 1.29. The summed E-state index contributed by atoms with van der Waals surface area (Å²) >= 11 is 0. The van der Waals surface area contributed by atoms with Crippen molar-refractivity contribution in [2.24, 2.45) is 35.0 Å². The summed E-state index contributed by atoms with van der Waals surface area (Å²) in [5, 5.41) is 15.4. The first-order chi connectivity index (χ1) is 15.7. The van der Waals surface area contributed by atoms with E-state index in [0.29, 0.717) is 23.3 Å². The molecule has 2 N–H and O–H groups in total. The van der Waals surface area contributed by atoms with Crippen molar-refractivity contribution >= 4 is 5.97 Å². The summed E-state index contributed by atoms with van der Waals surface area (Å²) in [6, 6.07) is 0.483. The first-order valence-corrected chi connectivity index (χ1v) is 14.0. The molecule has 4 nitrogen and oxygen atoms in total. The maximum atomic E-state index is 11.7. The molecule has 33 heavy (non-hydrogen) atoms. The third-order valence-corrected chi connectivity index (χ3v) is 10.9. The van der Waals surface area contributed by atoms with Crippen LogP contribution in [0.2, 0.25) is 0 Å². The van der Waals surface area contributed by atoms with Gasteiger partial charge in [-0.3, -0.25) is 4.79 Å². The van der Waals surface area contributed by atoms with Crippen LogP contribution in [0.15, 0.2) is 11.1 Å². The van der Waals surface area contributed by atoms with Gasteiger partial charge in [-0.2, -0.15) is 0 Å². The van der Waals surface area contributed by atoms with Crippen LogP contribution in [0.3, 0.4) is 0 Å². The van der Waals surface area contributed by atoms with Crippen molar-refractivity contribution < 1.29 is 14.6 Å². The van der Waals surface area contributed by atoms with Crippen molar-refractivity contribution in [2.75, 3.05) is 6.54 Å². The number of carbonyl (C=O) groups excluding carboxylic acids is 1. The normalized spacial score (nSPS) is 47.8. The second-order valence-corrected chi connectivity index (χ2v) is 13.1. The molecular weight excluding hydrogens is 410 g/mol. The van der Waals surface area contributed by atoms with Crippen molar-refractivity contribution in [3.63, 3.8) is 0 Å². The second-order valence-electron chi connectivity index (χ2n) is 13.1. The van der Waals surface area contributed by atoms with E-state index in [1.807, 2.05) is 0 Å². The molecule has 0 amide bonds. The summed E-state index contributed by atoms with van der Waals surface area (Å²) in [6.45, 7) is 9.88. The Morgan fingerprint density at radius 1 is 1.15 bits per heavy atom. The Bertz CT molecular complexity index is 784. The van der Waals surface area contributed by atoms with Gasteiger partial charge in [0.15, 0.2) is 0 Å². The van der Waals surface area contributed by atoms with Crippen LogP contribution in [0.1, 0.15) is 105 Å². The molecule has 0 aromatic heterocycles. The Morgan fingerprint density at radius 3 is 2.70 bits per heavy atom. The minimum atomic E-state index is -0.529. The maximum Gasteiger partial charge on any atom is 0.302 e. The van der Waals surface area contributed by atoms with Gasteiger partial charge in [0.05, 0.1) is 5.60 Å². The molecule has 4 fully saturated rings. The van der Waals surface area contributed by atoms with Gasteiger partial charge < -0.3 is 15.2 Å². The molecule has 1 heterocycles. The van der Waals surface area contributed by atoms with E-state index >= 15 is 0 Å². The lowest BCUT2D eigenvalue weighted by Crippen LogP contribution is -2.47. The molecule has 1 aliphatic heterocycles. The third kappa shape index (κ3) is 4.56. The van der Waals surface area contributed by atoms with E-state index in [-0.39, 0.29) is 12.1 Å². The van der Waals surface area contributed by atoms with Gasteiger partial charge in [-0.15, -0.1) is 0 Å². The summed E-state index contributed by atoms with van der Waals surface area (Å²) < 4.78 is 5.63. The van der Waals surface area contributed by atoms with Crippen molar-refractivity contribution in [3.8, 4) is 0 Å². The van der Waals surface area contributed by atoms with Gasteiger partial charge in [0, 0.05) is 13.0 Å². The number of carbonyl (C=O) groups is 1. The molecule has 3 saturated carbocycles. The van der Waals surface area contributed by atoms with E-state index in [9.17, 15) is 9.90 Å². The second kappa shape index (κ2) is 8.97. The lowest BCUT2D eigenvalue weighted by atomic mass is 9.52. The minimum Gasteiger partial charge on any atom is -0.463 e. The van der Waals surface area contributed by atoms with Crippen LogP contribution in [0.5, 0.6) is 0 Å². The zero-order chi connectivity index (χ0) is 23.4. The largest absolute Gasteiger partial charge is 0.463 e. The zero-order valence-electron chi connectivity index (χ0n) is 21.5. The number of hydrogen-bond donors (Lipinski definition) is 2. The quantitative estimate of drug-likeness (QED) is 0.417. The first-order valence-electron chi connectivity index (χ1n) is 14.0. The fourth-order valence-electron chi connectivity index (χ4n) is 9.12. The van der Waals surface area contributed by atoms with Crippen LogP contribution in [0, 0.1) is 35.0 Å². The molecule has 0 aromatic carbocycles.